The van der Waals surface area contributed by atoms with E-state index in [-0.39, 0.29) is 11.9 Å². The molecule has 2 saturated heterocycles. The number of nitrogens with one attached hydrogen (secondary N) is 3. The van der Waals surface area contributed by atoms with Crippen LogP contribution in [-0.2, 0) is 11.2 Å². The number of amides is 3. The summed E-state index contributed by atoms with van der Waals surface area (Å²) in [7, 11) is 0. The number of H-pyrrole nitrogens is 1. The van der Waals surface area contributed by atoms with Gasteiger partial charge < -0.3 is 15.6 Å². The molecule has 1 spiro atoms. The van der Waals surface area contributed by atoms with Crippen molar-refractivity contribution in [2.45, 2.75) is 31.2 Å². The van der Waals surface area contributed by atoms with E-state index in [2.05, 4.69) is 20.6 Å². The van der Waals surface area contributed by atoms with Gasteiger partial charge >= 0.3 is 6.03 Å². The predicted octanol–water partition coefficient (Wildman–Crippen LogP) is 1.17. The molecular weight excluding hydrogens is 306 g/mol. The molecule has 3 heterocycles. The summed E-state index contributed by atoms with van der Waals surface area (Å²) in [6, 6.07) is 7.62. The molecule has 2 aliphatic rings. The average molecular weight is 327 g/mol. The monoisotopic (exact) mass is 327 g/mol. The highest BCUT2D eigenvalue weighted by molar-refractivity contribution is 6.07. The van der Waals surface area contributed by atoms with E-state index in [9.17, 15) is 9.59 Å². The van der Waals surface area contributed by atoms with Crippen LogP contribution in [0.2, 0.25) is 0 Å². The Morgan fingerprint density at radius 2 is 1.96 bits per heavy atom. The van der Waals surface area contributed by atoms with Gasteiger partial charge in [-0.25, -0.2) is 9.78 Å². The summed E-state index contributed by atoms with van der Waals surface area (Å²) >= 11 is 0. The molecular formula is C17H21N5O2. The molecule has 24 heavy (non-hydrogen) atoms. The zero-order valence-corrected chi connectivity index (χ0v) is 13.5. The molecule has 7 heteroatoms. The van der Waals surface area contributed by atoms with Crippen LogP contribution in [0.3, 0.4) is 0 Å². The van der Waals surface area contributed by atoms with E-state index in [4.69, 9.17) is 0 Å². The molecule has 4 rings (SSSR count). The Bertz CT molecular complexity index is 745. The molecule has 3 N–H and O–H groups in total. The van der Waals surface area contributed by atoms with Crippen molar-refractivity contribution < 1.29 is 9.59 Å². The van der Waals surface area contributed by atoms with Gasteiger partial charge in [0.25, 0.3) is 5.91 Å². The molecule has 0 atom stereocenters. The summed E-state index contributed by atoms with van der Waals surface area (Å²) in [6.07, 6.45) is 2.74. The Morgan fingerprint density at radius 1 is 1.17 bits per heavy atom. The SMILES string of the molecule is O=C1NC2(CCNCC2)C(=O)N1CCCc1nc2ccccc2[nH]1. The number of fused-ring (bicyclic) bond motifs is 1. The summed E-state index contributed by atoms with van der Waals surface area (Å²) in [5.41, 5.74) is 1.27. The van der Waals surface area contributed by atoms with Crippen molar-refractivity contribution in [2.24, 2.45) is 0 Å². The molecule has 3 amide bonds. The summed E-state index contributed by atoms with van der Waals surface area (Å²) < 4.78 is 0. The van der Waals surface area contributed by atoms with Crippen molar-refractivity contribution >= 4 is 23.0 Å². The molecule has 0 bridgehead atoms. The zero-order chi connectivity index (χ0) is 16.6. The molecule has 0 unspecified atom stereocenters. The number of aryl methyl sites for hydroxylation is 1. The third kappa shape index (κ3) is 2.54. The first-order valence-electron chi connectivity index (χ1n) is 8.46. The maximum atomic E-state index is 12.7. The lowest BCUT2D eigenvalue weighted by Crippen LogP contribution is -2.53. The largest absolute Gasteiger partial charge is 0.342 e. The van der Waals surface area contributed by atoms with Crippen molar-refractivity contribution in [3.63, 3.8) is 0 Å². The number of nitrogens with zero attached hydrogens (tertiary/aromatic N) is 2. The number of hydrogen-bond acceptors (Lipinski definition) is 4. The number of rotatable bonds is 4. The average Bonchev–Trinajstić information content (AvgIpc) is 3.10. The van der Waals surface area contributed by atoms with Gasteiger partial charge in [0, 0.05) is 13.0 Å². The number of imidazole rings is 1. The van der Waals surface area contributed by atoms with Gasteiger partial charge in [-0.1, -0.05) is 12.1 Å². The minimum absolute atomic E-state index is 0.0707. The normalized spacial score (nSPS) is 20.1. The van der Waals surface area contributed by atoms with Crippen LogP contribution in [0, 0.1) is 0 Å². The Balaban J connectivity index is 1.38. The fourth-order valence-electron chi connectivity index (χ4n) is 3.60. The van der Waals surface area contributed by atoms with Crippen LogP contribution in [-0.4, -0.2) is 52.0 Å². The van der Waals surface area contributed by atoms with Gasteiger partial charge in [-0.2, -0.15) is 0 Å². The topological polar surface area (TPSA) is 90.1 Å². The predicted molar refractivity (Wildman–Crippen MR) is 89.5 cm³/mol. The number of imide groups is 1. The van der Waals surface area contributed by atoms with Crippen LogP contribution in [0.1, 0.15) is 25.1 Å². The van der Waals surface area contributed by atoms with Crippen molar-refractivity contribution in [3.05, 3.63) is 30.1 Å². The van der Waals surface area contributed by atoms with E-state index in [1.165, 1.54) is 4.90 Å². The minimum Gasteiger partial charge on any atom is -0.342 e. The molecule has 2 aromatic rings. The van der Waals surface area contributed by atoms with Crippen molar-refractivity contribution in [2.75, 3.05) is 19.6 Å². The Labute approximate surface area is 139 Å². The smallest absolute Gasteiger partial charge is 0.325 e. The van der Waals surface area contributed by atoms with Crippen LogP contribution in [0.5, 0.6) is 0 Å². The van der Waals surface area contributed by atoms with Gasteiger partial charge in [-0.3, -0.25) is 9.69 Å². The molecule has 2 fully saturated rings. The second kappa shape index (κ2) is 5.90. The molecule has 1 aromatic heterocycles. The molecule has 126 valence electrons. The quantitative estimate of drug-likeness (QED) is 0.735. The number of para-hydroxylation sites is 2. The van der Waals surface area contributed by atoms with Crippen molar-refractivity contribution in [1.82, 2.24) is 25.5 Å². The number of piperidine rings is 1. The molecule has 0 saturated carbocycles. The second-order valence-electron chi connectivity index (χ2n) is 6.52. The number of aromatic nitrogens is 2. The van der Waals surface area contributed by atoms with E-state index in [1.54, 1.807) is 0 Å². The number of urea groups is 1. The maximum Gasteiger partial charge on any atom is 0.325 e. The lowest BCUT2D eigenvalue weighted by atomic mass is 9.88. The number of hydrogen-bond donors (Lipinski definition) is 3. The van der Waals surface area contributed by atoms with E-state index < -0.39 is 5.54 Å². The Hall–Kier alpha value is -2.41. The Kier molecular flexibility index (Phi) is 3.72. The third-order valence-corrected chi connectivity index (χ3v) is 4.94. The molecule has 7 nitrogen and oxygen atoms in total. The fourth-order valence-corrected chi connectivity index (χ4v) is 3.60. The number of carbonyl (C=O) groups is 2. The van der Waals surface area contributed by atoms with Crippen LogP contribution >= 0.6 is 0 Å². The van der Waals surface area contributed by atoms with Gasteiger partial charge in [-0.15, -0.1) is 0 Å². The number of carbonyl (C=O) groups excluding carboxylic acids is 2. The van der Waals surface area contributed by atoms with E-state index in [1.807, 2.05) is 24.3 Å². The van der Waals surface area contributed by atoms with E-state index in [0.717, 1.165) is 29.9 Å². The number of benzene rings is 1. The maximum absolute atomic E-state index is 12.7. The molecule has 0 aliphatic carbocycles. The van der Waals surface area contributed by atoms with Gasteiger partial charge in [0.2, 0.25) is 0 Å². The zero-order valence-electron chi connectivity index (χ0n) is 13.5. The van der Waals surface area contributed by atoms with Gasteiger partial charge in [0.15, 0.2) is 0 Å². The molecule has 1 aromatic carbocycles. The first-order chi connectivity index (χ1) is 11.7. The summed E-state index contributed by atoms with van der Waals surface area (Å²) in [5.74, 6) is 0.818. The minimum atomic E-state index is -0.679. The van der Waals surface area contributed by atoms with Gasteiger partial charge in [-0.05, 0) is 44.5 Å². The Morgan fingerprint density at radius 3 is 2.75 bits per heavy atom. The van der Waals surface area contributed by atoms with Crippen molar-refractivity contribution in [3.8, 4) is 0 Å². The highest BCUT2D eigenvalue weighted by Crippen LogP contribution is 2.27. The van der Waals surface area contributed by atoms with Gasteiger partial charge in [0.05, 0.1) is 11.0 Å². The molecule has 2 aliphatic heterocycles. The highest BCUT2D eigenvalue weighted by atomic mass is 16.2. The lowest BCUT2D eigenvalue weighted by molar-refractivity contribution is -0.132. The van der Waals surface area contributed by atoms with Crippen LogP contribution in [0.4, 0.5) is 4.79 Å². The van der Waals surface area contributed by atoms with Crippen LogP contribution < -0.4 is 10.6 Å². The summed E-state index contributed by atoms with van der Waals surface area (Å²) in [5, 5.41) is 6.14. The van der Waals surface area contributed by atoms with E-state index >= 15 is 0 Å². The first-order valence-corrected chi connectivity index (χ1v) is 8.46. The van der Waals surface area contributed by atoms with Crippen LogP contribution in [0.15, 0.2) is 24.3 Å². The second-order valence-corrected chi connectivity index (χ2v) is 6.52. The van der Waals surface area contributed by atoms with Gasteiger partial charge in [0.1, 0.15) is 11.4 Å². The van der Waals surface area contributed by atoms with Crippen molar-refractivity contribution in [1.29, 1.82) is 0 Å². The fraction of sp³-hybridized carbons (Fsp3) is 0.471. The van der Waals surface area contributed by atoms with E-state index in [0.29, 0.717) is 32.2 Å². The third-order valence-electron chi connectivity index (χ3n) is 4.94. The highest BCUT2D eigenvalue weighted by Gasteiger charge is 2.50. The molecule has 0 radical (unpaired) electrons. The first kappa shape index (κ1) is 15.1. The van der Waals surface area contributed by atoms with Crippen LogP contribution in [0.25, 0.3) is 11.0 Å². The lowest BCUT2D eigenvalue weighted by Gasteiger charge is -2.31. The summed E-state index contributed by atoms with van der Waals surface area (Å²) in [4.78, 5) is 34.0. The standard InChI is InChI=1S/C17H21N5O2/c23-15-17(7-9-18-10-8-17)21-16(24)22(15)11-3-6-14-19-12-4-1-2-5-13(12)20-14/h1-2,4-5,18H,3,6-11H2,(H,19,20)(H,21,24). The summed E-state index contributed by atoms with van der Waals surface area (Å²) in [6.45, 7) is 1.95. The number of aromatic amines is 1.